The van der Waals surface area contributed by atoms with Crippen LogP contribution >= 0.6 is 12.6 Å². The molecule has 1 aliphatic carbocycles. The van der Waals surface area contributed by atoms with Gasteiger partial charge in [-0.2, -0.15) is 12.6 Å². The molecule has 0 fully saturated rings. The second-order valence-electron chi connectivity index (χ2n) is 3.92. The minimum absolute atomic E-state index is 0.233. The zero-order valence-electron chi connectivity index (χ0n) is 7.86. The van der Waals surface area contributed by atoms with Gasteiger partial charge in [0, 0.05) is 5.75 Å². The lowest BCUT2D eigenvalue weighted by molar-refractivity contribution is -0.126. The Morgan fingerprint density at radius 1 is 1.36 bits per heavy atom. The van der Waals surface area contributed by atoms with Crippen LogP contribution < -0.4 is 5.73 Å². The Hall–Kier alpha value is -0.960. The molecule has 1 aliphatic rings. The summed E-state index contributed by atoms with van der Waals surface area (Å²) in [6.07, 6.45) is 1.48. The normalized spacial score (nSPS) is 17.8. The predicted molar refractivity (Wildman–Crippen MR) is 59.3 cm³/mol. The van der Waals surface area contributed by atoms with Gasteiger partial charge in [0.15, 0.2) is 0 Å². The number of carbonyl (C=O) groups excluding carboxylic acids is 1. The van der Waals surface area contributed by atoms with Gasteiger partial charge in [-0.05, 0) is 24.0 Å². The number of amides is 1. The van der Waals surface area contributed by atoms with Gasteiger partial charge in [-0.25, -0.2) is 0 Å². The van der Waals surface area contributed by atoms with Crippen molar-refractivity contribution in [2.75, 3.05) is 5.75 Å². The summed E-state index contributed by atoms with van der Waals surface area (Å²) in [5.74, 6) is 0.292. The molecule has 1 aromatic carbocycles. The third kappa shape index (κ3) is 1.32. The first-order valence-corrected chi connectivity index (χ1v) is 5.29. The number of thiol groups is 1. The summed E-state index contributed by atoms with van der Waals surface area (Å²) >= 11 is 4.24. The number of benzene rings is 1. The number of nitrogens with two attached hydrogens (primary N) is 1. The topological polar surface area (TPSA) is 43.1 Å². The average Bonchev–Trinajstić information content (AvgIpc) is 2.57. The third-order valence-electron chi connectivity index (χ3n) is 3.00. The summed E-state index contributed by atoms with van der Waals surface area (Å²) in [4.78, 5) is 11.4. The zero-order chi connectivity index (χ0) is 10.2. The van der Waals surface area contributed by atoms with E-state index in [1.165, 1.54) is 11.1 Å². The van der Waals surface area contributed by atoms with Crippen LogP contribution in [0, 0.1) is 5.41 Å². The summed E-state index contributed by atoms with van der Waals surface area (Å²) in [5.41, 5.74) is 7.46. The second kappa shape index (κ2) is 3.31. The molecule has 0 atom stereocenters. The van der Waals surface area contributed by atoms with E-state index in [0.717, 1.165) is 12.8 Å². The van der Waals surface area contributed by atoms with E-state index in [9.17, 15) is 4.79 Å². The standard InChI is InChI=1S/C11H13NOS/c12-10(13)11(7-14)5-8-3-1-2-4-9(8)6-11/h1-4,14H,5-7H2,(H2,12,13). The van der Waals surface area contributed by atoms with Gasteiger partial charge in [0.2, 0.25) is 5.91 Å². The van der Waals surface area contributed by atoms with Crippen molar-refractivity contribution in [2.45, 2.75) is 12.8 Å². The molecule has 0 bridgehead atoms. The monoisotopic (exact) mass is 207 g/mol. The van der Waals surface area contributed by atoms with Crippen LogP contribution in [0.25, 0.3) is 0 Å². The maximum atomic E-state index is 11.4. The first kappa shape index (κ1) is 9.59. The highest BCUT2D eigenvalue weighted by Crippen LogP contribution is 2.37. The van der Waals surface area contributed by atoms with E-state index in [1.807, 2.05) is 12.1 Å². The van der Waals surface area contributed by atoms with Crippen LogP contribution in [0.4, 0.5) is 0 Å². The highest BCUT2D eigenvalue weighted by atomic mass is 32.1. The van der Waals surface area contributed by atoms with Gasteiger partial charge in [0.1, 0.15) is 0 Å². The van der Waals surface area contributed by atoms with Crippen LogP contribution in [0.5, 0.6) is 0 Å². The molecule has 0 aliphatic heterocycles. The van der Waals surface area contributed by atoms with Gasteiger partial charge >= 0.3 is 0 Å². The van der Waals surface area contributed by atoms with E-state index < -0.39 is 5.41 Å². The Morgan fingerprint density at radius 2 is 1.86 bits per heavy atom. The second-order valence-corrected chi connectivity index (χ2v) is 4.24. The minimum atomic E-state index is -0.452. The maximum Gasteiger partial charge on any atom is 0.225 e. The number of hydrogen-bond acceptors (Lipinski definition) is 2. The largest absolute Gasteiger partial charge is 0.369 e. The molecule has 0 heterocycles. The van der Waals surface area contributed by atoms with E-state index in [1.54, 1.807) is 0 Å². The number of primary amides is 1. The van der Waals surface area contributed by atoms with E-state index in [0.29, 0.717) is 5.75 Å². The molecule has 3 heteroatoms. The maximum absolute atomic E-state index is 11.4. The van der Waals surface area contributed by atoms with Gasteiger partial charge < -0.3 is 5.73 Å². The molecule has 14 heavy (non-hydrogen) atoms. The Kier molecular flexibility index (Phi) is 2.27. The first-order valence-electron chi connectivity index (χ1n) is 4.65. The molecule has 0 spiro atoms. The van der Waals surface area contributed by atoms with Crippen LogP contribution in [-0.4, -0.2) is 11.7 Å². The van der Waals surface area contributed by atoms with Gasteiger partial charge in [-0.1, -0.05) is 24.3 Å². The van der Waals surface area contributed by atoms with E-state index in [2.05, 4.69) is 24.8 Å². The lowest BCUT2D eigenvalue weighted by atomic mass is 9.86. The van der Waals surface area contributed by atoms with Crippen LogP contribution in [-0.2, 0) is 17.6 Å². The third-order valence-corrected chi connectivity index (χ3v) is 3.61. The predicted octanol–water partition coefficient (Wildman–Crippen LogP) is 1.19. The summed E-state index contributed by atoms with van der Waals surface area (Å²) in [7, 11) is 0. The molecule has 0 radical (unpaired) electrons. The Bertz CT molecular complexity index is 350. The zero-order valence-corrected chi connectivity index (χ0v) is 8.76. The minimum Gasteiger partial charge on any atom is -0.369 e. The Morgan fingerprint density at radius 3 is 2.21 bits per heavy atom. The van der Waals surface area contributed by atoms with Crippen LogP contribution in [0.1, 0.15) is 11.1 Å². The summed E-state index contributed by atoms with van der Waals surface area (Å²) in [6, 6.07) is 8.11. The van der Waals surface area contributed by atoms with Gasteiger partial charge in [-0.3, -0.25) is 4.79 Å². The van der Waals surface area contributed by atoms with Crippen LogP contribution in [0.2, 0.25) is 0 Å². The van der Waals surface area contributed by atoms with Gasteiger partial charge in [0.05, 0.1) is 5.41 Å². The van der Waals surface area contributed by atoms with Crippen molar-refractivity contribution in [1.82, 2.24) is 0 Å². The fraction of sp³-hybridized carbons (Fsp3) is 0.364. The highest BCUT2D eigenvalue weighted by Gasteiger charge is 2.40. The Balaban J connectivity index is 2.37. The number of rotatable bonds is 2. The van der Waals surface area contributed by atoms with Gasteiger partial charge in [0.25, 0.3) is 0 Å². The summed E-state index contributed by atoms with van der Waals surface area (Å²) < 4.78 is 0. The van der Waals surface area contributed by atoms with E-state index >= 15 is 0 Å². The molecular weight excluding hydrogens is 194 g/mol. The fourth-order valence-electron chi connectivity index (χ4n) is 2.06. The summed E-state index contributed by atoms with van der Waals surface area (Å²) in [6.45, 7) is 0. The molecule has 2 nitrogen and oxygen atoms in total. The quantitative estimate of drug-likeness (QED) is 0.703. The number of hydrogen-bond donors (Lipinski definition) is 2. The van der Waals surface area contributed by atoms with E-state index in [-0.39, 0.29) is 5.91 Å². The van der Waals surface area contributed by atoms with Crippen molar-refractivity contribution < 1.29 is 4.79 Å². The summed E-state index contributed by atoms with van der Waals surface area (Å²) in [5, 5.41) is 0. The van der Waals surface area contributed by atoms with Crippen molar-refractivity contribution in [3.63, 3.8) is 0 Å². The molecule has 2 N–H and O–H groups in total. The molecule has 0 unspecified atom stereocenters. The molecule has 2 rings (SSSR count). The SMILES string of the molecule is NC(=O)C1(CS)Cc2ccccc2C1. The highest BCUT2D eigenvalue weighted by molar-refractivity contribution is 7.80. The lowest BCUT2D eigenvalue weighted by Crippen LogP contribution is -2.39. The van der Waals surface area contributed by atoms with Crippen LogP contribution in [0.15, 0.2) is 24.3 Å². The van der Waals surface area contributed by atoms with Crippen molar-refractivity contribution in [3.8, 4) is 0 Å². The van der Waals surface area contributed by atoms with E-state index in [4.69, 9.17) is 5.73 Å². The fourth-order valence-corrected chi connectivity index (χ4v) is 2.44. The first-order chi connectivity index (χ1) is 6.68. The molecular formula is C11H13NOS. The molecule has 0 saturated carbocycles. The number of carbonyl (C=O) groups is 1. The molecule has 1 amide bonds. The van der Waals surface area contributed by atoms with Crippen molar-refractivity contribution in [1.29, 1.82) is 0 Å². The van der Waals surface area contributed by atoms with Crippen molar-refractivity contribution >= 4 is 18.5 Å². The molecule has 0 saturated heterocycles. The molecule has 74 valence electrons. The number of fused-ring (bicyclic) bond motifs is 1. The van der Waals surface area contributed by atoms with Crippen molar-refractivity contribution in [2.24, 2.45) is 11.1 Å². The molecule has 1 aromatic rings. The molecule has 0 aromatic heterocycles. The van der Waals surface area contributed by atoms with Crippen LogP contribution in [0.3, 0.4) is 0 Å². The Labute approximate surface area is 88.9 Å². The average molecular weight is 207 g/mol. The smallest absolute Gasteiger partial charge is 0.225 e. The lowest BCUT2D eigenvalue weighted by Gasteiger charge is -2.21. The van der Waals surface area contributed by atoms with Crippen molar-refractivity contribution in [3.05, 3.63) is 35.4 Å². The van der Waals surface area contributed by atoms with Gasteiger partial charge in [-0.15, -0.1) is 0 Å².